The molecule has 1 aromatic carbocycles. The molecule has 2 saturated heterocycles. The average Bonchev–Trinajstić information content (AvgIpc) is 2.57. The minimum absolute atomic E-state index is 0.00504. The van der Waals surface area contributed by atoms with E-state index >= 15 is 0 Å². The lowest BCUT2D eigenvalue weighted by Crippen LogP contribution is -2.48. The second kappa shape index (κ2) is 7.19. The fourth-order valence-corrected chi connectivity index (χ4v) is 3.03. The topological polar surface area (TPSA) is 42.1 Å². The summed E-state index contributed by atoms with van der Waals surface area (Å²) in [6.45, 7) is 7.78. The van der Waals surface area contributed by atoms with E-state index in [0.29, 0.717) is 0 Å². The summed E-state index contributed by atoms with van der Waals surface area (Å²) in [4.78, 5) is 21.1. The number of carbonyl (C=O) groups excluding carboxylic acids is 1. The van der Waals surface area contributed by atoms with Crippen LogP contribution in [-0.2, 0) is 0 Å². The maximum atomic E-state index is 12.3. The number of hydrogen-bond acceptors (Lipinski definition) is 4. The summed E-state index contributed by atoms with van der Waals surface area (Å²) in [5.74, 6) is 0. The van der Waals surface area contributed by atoms with Gasteiger partial charge in [-0.3, -0.25) is 0 Å². The Labute approximate surface area is 138 Å². The zero-order chi connectivity index (χ0) is 16.2. The summed E-state index contributed by atoms with van der Waals surface area (Å²) in [5.41, 5.74) is 2.10. The lowest BCUT2D eigenvalue weighted by molar-refractivity contribution is 0.164. The highest BCUT2D eigenvalue weighted by Gasteiger charge is 2.19. The quantitative estimate of drug-likeness (QED) is 0.890. The van der Waals surface area contributed by atoms with E-state index in [2.05, 4.69) is 46.2 Å². The molecule has 0 saturated carbocycles. The third-order valence-electron chi connectivity index (χ3n) is 4.78. The molecule has 2 amide bonds. The van der Waals surface area contributed by atoms with E-state index in [1.807, 2.05) is 17.0 Å². The van der Waals surface area contributed by atoms with Crippen molar-refractivity contribution in [1.29, 1.82) is 0 Å². The minimum atomic E-state index is 0.00504. The molecule has 1 N–H and O–H groups in total. The molecule has 6 heteroatoms. The predicted octanol–water partition coefficient (Wildman–Crippen LogP) is 1.22. The normalized spacial score (nSPS) is 20.6. The van der Waals surface area contributed by atoms with Crippen molar-refractivity contribution < 1.29 is 4.79 Å². The van der Waals surface area contributed by atoms with Crippen LogP contribution in [0.5, 0.6) is 0 Å². The van der Waals surface area contributed by atoms with E-state index in [-0.39, 0.29) is 6.03 Å². The number of nitrogens with one attached hydrogen (secondary N) is 1. The zero-order valence-corrected chi connectivity index (χ0v) is 14.2. The van der Waals surface area contributed by atoms with Crippen LogP contribution in [0.3, 0.4) is 0 Å². The van der Waals surface area contributed by atoms with Crippen molar-refractivity contribution in [2.45, 2.75) is 0 Å². The number of hydrogen-bond donors (Lipinski definition) is 1. The molecular weight excluding hydrogens is 290 g/mol. The van der Waals surface area contributed by atoms with Gasteiger partial charge in [0.05, 0.1) is 0 Å². The molecular formula is C17H27N5O. The van der Waals surface area contributed by atoms with Gasteiger partial charge in [0.15, 0.2) is 0 Å². The maximum Gasteiger partial charge on any atom is 0.321 e. The Bertz CT molecular complexity index is 516. The van der Waals surface area contributed by atoms with E-state index in [1.165, 1.54) is 5.69 Å². The number of anilines is 2. The van der Waals surface area contributed by atoms with E-state index in [0.717, 1.165) is 58.0 Å². The van der Waals surface area contributed by atoms with Crippen LogP contribution >= 0.6 is 0 Å². The molecule has 6 nitrogen and oxygen atoms in total. The van der Waals surface area contributed by atoms with Crippen molar-refractivity contribution >= 4 is 17.4 Å². The van der Waals surface area contributed by atoms with Crippen molar-refractivity contribution in [2.24, 2.45) is 0 Å². The molecule has 2 heterocycles. The largest absolute Gasteiger partial charge is 0.369 e. The van der Waals surface area contributed by atoms with Crippen molar-refractivity contribution in [2.75, 3.05) is 76.7 Å². The van der Waals surface area contributed by atoms with Gasteiger partial charge in [-0.15, -0.1) is 0 Å². The first-order chi connectivity index (χ1) is 11.1. The fourth-order valence-electron chi connectivity index (χ4n) is 3.03. The number of amides is 2. The Morgan fingerprint density at radius 1 is 0.826 bits per heavy atom. The van der Waals surface area contributed by atoms with Gasteiger partial charge in [-0.05, 0) is 38.4 Å². The Morgan fingerprint density at radius 2 is 1.35 bits per heavy atom. The van der Waals surface area contributed by atoms with Crippen LogP contribution in [0.4, 0.5) is 16.2 Å². The van der Waals surface area contributed by atoms with Gasteiger partial charge in [0, 0.05) is 63.7 Å². The smallest absolute Gasteiger partial charge is 0.321 e. The summed E-state index contributed by atoms with van der Waals surface area (Å²) in [6.07, 6.45) is 0. The van der Waals surface area contributed by atoms with E-state index < -0.39 is 0 Å². The molecule has 0 bridgehead atoms. The van der Waals surface area contributed by atoms with Crippen LogP contribution in [0, 0.1) is 0 Å². The van der Waals surface area contributed by atoms with Crippen molar-refractivity contribution in [3.63, 3.8) is 0 Å². The molecule has 2 aliphatic rings. The Kier molecular flexibility index (Phi) is 5.03. The molecule has 126 valence electrons. The lowest BCUT2D eigenvalue weighted by Gasteiger charge is -2.34. The number of carbonyl (C=O) groups is 1. The van der Waals surface area contributed by atoms with E-state index in [4.69, 9.17) is 0 Å². The van der Waals surface area contributed by atoms with Crippen molar-refractivity contribution in [1.82, 2.24) is 14.7 Å². The molecule has 0 unspecified atom stereocenters. The van der Waals surface area contributed by atoms with Gasteiger partial charge in [0.2, 0.25) is 0 Å². The third kappa shape index (κ3) is 4.14. The summed E-state index contributed by atoms with van der Waals surface area (Å²) in [7, 11) is 4.25. The van der Waals surface area contributed by atoms with Crippen LogP contribution in [0.2, 0.25) is 0 Å². The highest BCUT2D eigenvalue weighted by molar-refractivity contribution is 5.89. The highest BCUT2D eigenvalue weighted by Crippen LogP contribution is 2.19. The molecule has 0 aromatic heterocycles. The minimum Gasteiger partial charge on any atom is -0.369 e. The second-order valence-electron chi connectivity index (χ2n) is 6.56. The SMILES string of the molecule is CN1CCN(C(=O)Nc2ccc(N3CCN(C)CC3)cc2)CC1. The van der Waals surface area contributed by atoms with Gasteiger partial charge in [0.1, 0.15) is 0 Å². The molecule has 2 fully saturated rings. The molecule has 2 aliphatic heterocycles. The predicted molar refractivity (Wildman–Crippen MR) is 94.2 cm³/mol. The van der Waals surface area contributed by atoms with Crippen molar-refractivity contribution in [3.05, 3.63) is 24.3 Å². The van der Waals surface area contributed by atoms with Gasteiger partial charge in [-0.25, -0.2) is 4.79 Å². The summed E-state index contributed by atoms with van der Waals surface area (Å²) in [6, 6.07) is 8.21. The van der Waals surface area contributed by atoms with Crippen LogP contribution in [0.25, 0.3) is 0 Å². The average molecular weight is 317 g/mol. The van der Waals surface area contributed by atoms with Crippen molar-refractivity contribution in [3.8, 4) is 0 Å². The van der Waals surface area contributed by atoms with E-state index in [1.54, 1.807) is 0 Å². The Morgan fingerprint density at radius 3 is 1.91 bits per heavy atom. The zero-order valence-electron chi connectivity index (χ0n) is 14.2. The van der Waals surface area contributed by atoms with E-state index in [9.17, 15) is 4.79 Å². The third-order valence-corrected chi connectivity index (χ3v) is 4.78. The van der Waals surface area contributed by atoms with Gasteiger partial charge in [-0.2, -0.15) is 0 Å². The van der Waals surface area contributed by atoms with Crippen LogP contribution < -0.4 is 10.2 Å². The summed E-state index contributed by atoms with van der Waals surface area (Å²) >= 11 is 0. The second-order valence-corrected chi connectivity index (χ2v) is 6.56. The van der Waals surface area contributed by atoms with Gasteiger partial charge in [0.25, 0.3) is 0 Å². The van der Waals surface area contributed by atoms with Gasteiger partial charge in [-0.1, -0.05) is 0 Å². The molecule has 23 heavy (non-hydrogen) atoms. The van der Waals surface area contributed by atoms with Gasteiger partial charge >= 0.3 is 6.03 Å². The maximum absolute atomic E-state index is 12.3. The Hall–Kier alpha value is -1.79. The lowest BCUT2D eigenvalue weighted by atomic mass is 10.2. The molecule has 0 atom stereocenters. The molecule has 1 aromatic rings. The fraction of sp³-hybridized carbons (Fsp3) is 0.588. The number of likely N-dealkylation sites (N-methyl/N-ethyl adjacent to an activating group) is 2. The highest BCUT2D eigenvalue weighted by atomic mass is 16.2. The molecule has 0 radical (unpaired) electrons. The first kappa shape index (κ1) is 16.1. The monoisotopic (exact) mass is 317 g/mol. The number of benzene rings is 1. The number of rotatable bonds is 2. The van der Waals surface area contributed by atoms with Crippen LogP contribution in [-0.4, -0.2) is 87.2 Å². The molecule has 0 spiro atoms. The number of nitrogens with zero attached hydrogens (tertiary/aromatic N) is 4. The Balaban J connectivity index is 1.54. The summed E-state index contributed by atoms with van der Waals surface area (Å²) in [5, 5.41) is 3.01. The standard InChI is InChI=1S/C17H27N5O/c1-19-7-11-21(12-8-19)16-5-3-15(4-6-16)18-17(23)22-13-9-20(2)10-14-22/h3-6H,7-14H2,1-2H3,(H,18,23). The first-order valence-electron chi connectivity index (χ1n) is 8.40. The first-order valence-corrected chi connectivity index (χ1v) is 8.40. The van der Waals surface area contributed by atoms with Gasteiger partial charge < -0.3 is 24.9 Å². The number of urea groups is 1. The van der Waals surface area contributed by atoms with Crippen LogP contribution in [0.1, 0.15) is 0 Å². The molecule has 0 aliphatic carbocycles. The molecule has 3 rings (SSSR count). The summed E-state index contributed by atoms with van der Waals surface area (Å²) < 4.78 is 0. The number of piperazine rings is 2. The van der Waals surface area contributed by atoms with Crippen LogP contribution in [0.15, 0.2) is 24.3 Å².